The molecule has 0 saturated heterocycles. The van der Waals surface area contributed by atoms with Crippen molar-refractivity contribution >= 4 is 23.0 Å². The number of thiophene rings is 1. The van der Waals surface area contributed by atoms with Gasteiger partial charge in [0, 0.05) is 0 Å². The minimum Gasteiger partial charge on any atom is -0.503 e. The second-order valence-electron chi connectivity index (χ2n) is 6.19. The first-order valence-corrected chi connectivity index (χ1v) is 9.65. The van der Waals surface area contributed by atoms with E-state index in [1.54, 1.807) is 34.5 Å². The zero-order valence-electron chi connectivity index (χ0n) is 14.9. The molecule has 2 N–H and O–H groups in total. The number of ketones is 1. The molecule has 0 spiro atoms. The van der Waals surface area contributed by atoms with E-state index in [9.17, 15) is 14.7 Å². The Hall–Kier alpha value is -2.38. The van der Waals surface area contributed by atoms with E-state index in [0.29, 0.717) is 17.2 Å². The highest BCUT2D eigenvalue weighted by molar-refractivity contribution is 7.12. The molecule has 0 bridgehead atoms. The van der Waals surface area contributed by atoms with Gasteiger partial charge in [-0.15, -0.1) is 11.3 Å². The van der Waals surface area contributed by atoms with E-state index in [2.05, 4.69) is 13.8 Å². The minimum atomic E-state index is -0.693. The van der Waals surface area contributed by atoms with Gasteiger partial charge in [0.15, 0.2) is 5.76 Å². The molecule has 0 unspecified atom stereocenters. The van der Waals surface area contributed by atoms with Crippen LogP contribution < -0.4 is 4.90 Å². The van der Waals surface area contributed by atoms with E-state index in [0.717, 1.165) is 19.6 Å². The maximum absolute atomic E-state index is 12.9. The standard InChI is InChI=1S/C19H22N2O4S/c1-3-20(4-2)9-10-21-16(13-7-5-11-25-13)15(18(23)19(21)24)17(22)14-8-6-12-26-14/h5-8,11-12,16,23H,3-4,9-10H2,1-2H3/p+1/t16-/m0/s1. The minimum absolute atomic E-state index is 0.0990. The van der Waals surface area contributed by atoms with Crippen LogP contribution in [0, 0.1) is 0 Å². The molecule has 1 atom stereocenters. The van der Waals surface area contributed by atoms with Crippen LogP contribution in [0.3, 0.4) is 0 Å². The third-order valence-corrected chi connectivity index (χ3v) is 5.68. The van der Waals surface area contributed by atoms with Gasteiger partial charge in [-0.3, -0.25) is 9.59 Å². The van der Waals surface area contributed by atoms with Crippen LogP contribution in [0.2, 0.25) is 0 Å². The second-order valence-corrected chi connectivity index (χ2v) is 7.14. The summed E-state index contributed by atoms with van der Waals surface area (Å²) in [6.07, 6.45) is 1.51. The first-order chi connectivity index (χ1) is 12.6. The summed E-state index contributed by atoms with van der Waals surface area (Å²) in [5, 5.41) is 12.3. The van der Waals surface area contributed by atoms with Crippen molar-refractivity contribution in [3.05, 3.63) is 57.9 Å². The molecular formula is C19H23N2O4S+. The van der Waals surface area contributed by atoms with Gasteiger partial charge in [-0.25, -0.2) is 0 Å². The van der Waals surface area contributed by atoms with Crippen LogP contribution in [0.25, 0.3) is 0 Å². The van der Waals surface area contributed by atoms with Gasteiger partial charge in [-0.1, -0.05) is 6.07 Å². The van der Waals surface area contributed by atoms with E-state index in [-0.39, 0.29) is 11.4 Å². The number of Topliss-reactive ketones (excluding diaryl/α,β-unsaturated/α-hetero) is 1. The van der Waals surface area contributed by atoms with Gasteiger partial charge < -0.3 is 19.3 Å². The van der Waals surface area contributed by atoms with Crippen LogP contribution in [0.4, 0.5) is 0 Å². The van der Waals surface area contributed by atoms with Crippen molar-refractivity contribution < 1.29 is 24.0 Å². The van der Waals surface area contributed by atoms with Crippen LogP contribution in [0.15, 0.2) is 51.7 Å². The van der Waals surface area contributed by atoms with Crippen LogP contribution in [0.5, 0.6) is 0 Å². The van der Waals surface area contributed by atoms with Crippen LogP contribution in [0.1, 0.15) is 35.3 Å². The normalized spacial score (nSPS) is 17.6. The monoisotopic (exact) mass is 375 g/mol. The number of carbonyl (C=O) groups excluding carboxylic acids is 2. The molecule has 2 aromatic heterocycles. The molecular weight excluding hydrogens is 352 g/mol. The Morgan fingerprint density at radius 1 is 1.31 bits per heavy atom. The Balaban J connectivity index is 1.94. The zero-order valence-corrected chi connectivity index (χ0v) is 15.7. The summed E-state index contributed by atoms with van der Waals surface area (Å²) >= 11 is 1.29. The van der Waals surface area contributed by atoms with Crippen molar-refractivity contribution in [3.63, 3.8) is 0 Å². The molecule has 3 rings (SSSR count). The number of likely N-dealkylation sites (N-methyl/N-ethyl adjacent to an activating group) is 1. The molecule has 0 radical (unpaired) electrons. The van der Waals surface area contributed by atoms with Gasteiger partial charge in [0.05, 0.1) is 42.9 Å². The highest BCUT2D eigenvalue weighted by Gasteiger charge is 2.45. The maximum Gasteiger partial charge on any atom is 0.290 e. The van der Waals surface area contributed by atoms with Crippen molar-refractivity contribution in [2.45, 2.75) is 19.9 Å². The first kappa shape index (κ1) is 18.4. The molecule has 0 aliphatic carbocycles. The largest absolute Gasteiger partial charge is 0.503 e. The summed E-state index contributed by atoms with van der Waals surface area (Å²) in [6, 6.07) is 6.23. The Bertz CT molecular complexity index is 792. The average molecular weight is 375 g/mol. The van der Waals surface area contributed by atoms with Gasteiger partial charge in [0.1, 0.15) is 11.8 Å². The Morgan fingerprint density at radius 2 is 2.08 bits per heavy atom. The fourth-order valence-corrected chi connectivity index (χ4v) is 3.96. The number of quaternary nitrogens is 1. The zero-order chi connectivity index (χ0) is 18.7. The van der Waals surface area contributed by atoms with Crippen molar-refractivity contribution in [1.29, 1.82) is 0 Å². The van der Waals surface area contributed by atoms with Crippen molar-refractivity contribution in [2.75, 3.05) is 26.2 Å². The molecule has 0 fully saturated rings. The summed E-state index contributed by atoms with van der Waals surface area (Å²) in [4.78, 5) is 29.0. The van der Waals surface area contributed by atoms with Crippen LogP contribution in [-0.2, 0) is 4.79 Å². The molecule has 1 aliphatic heterocycles. The fraction of sp³-hybridized carbons (Fsp3) is 0.368. The Kier molecular flexibility index (Phi) is 5.58. The number of nitrogens with zero attached hydrogens (tertiary/aromatic N) is 1. The number of hydrogen-bond donors (Lipinski definition) is 2. The number of amides is 1. The van der Waals surface area contributed by atoms with Crippen molar-refractivity contribution in [2.24, 2.45) is 0 Å². The predicted molar refractivity (Wildman–Crippen MR) is 98.4 cm³/mol. The summed E-state index contributed by atoms with van der Waals surface area (Å²) in [5.41, 5.74) is 0.0990. The van der Waals surface area contributed by atoms with Gasteiger partial charge in [-0.05, 0) is 37.4 Å². The second kappa shape index (κ2) is 7.88. The molecule has 6 nitrogen and oxygen atoms in total. The van der Waals surface area contributed by atoms with Crippen molar-refractivity contribution in [1.82, 2.24) is 4.90 Å². The fourth-order valence-electron chi connectivity index (χ4n) is 3.28. The Morgan fingerprint density at radius 3 is 2.65 bits per heavy atom. The average Bonchev–Trinajstić information content (AvgIpc) is 3.39. The van der Waals surface area contributed by atoms with Gasteiger partial charge in [0.2, 0.25) is 5.78 Å². The molecule has 2 aromatic rings. The van der Waals surface area contributed by atoms with Crippen LogP contribution in [-0.4, -0.2) is 47.9 Å². The number of furan rings is 1. The SMILES string of the molecule is CC[NH+](CC)CCN1C(=O)C(O)=C(C(=O)c2cccs2)[C@@H]1c1ccco1. The summed E-state index contributed by atoms with van der Waals surface area (Å²) < 4.78 is 5.51. The van der Waals surface area contributed by atoms with E-state index >= 15 is 0 Å². The topological polar surface area (TPSA) is 75.2 Å². The molecule has 7 heteroatoms. The van der Waals surface area contributed by atoms with Crippen LogP contribution >= 0.6 is 11.3 Å². The van der Waals surface area contributed by atoms with Gasteiger partial charge in [0.25, 0.3) is 5.91 Å². The lowest BCUT2D eigenvalue weighted by atomic mass is 10.0. The summed E-state index contributed by atoms with van der Waals surface area (Å²) in [7, 11) is 0. The number of aliphatic hydroxyl groups excluding tert-OH is 1. The van der Waals surface area contributed by atoms with Gasteiger partial charge in [-0.2, -0.15) is 0 Å². The van der Waals surface area contributed by atoms with E-state index < -0.39 is 17.7 Å². The smallest absolute Gasteiger partial charge is 0.290 e. The number of aliphatic hydroxyl groups is 1. The molecule has 3 heterocycles. The molecule has 1 amide bonds. The third-order valence-electron chi connectivity index (χ3n) is 4.81. The van der Waals surface area contributed by atoms with E-state index in [4.69, 9.17) is 4.42 Å². The highest BCUT2D eigenvalue weighted by Crippen LogP contribution is 2.39. The predicted octanol–water partition coefficient (Wildman–Crippen LogP) is 1.84. The lowest BCUT2D eigenvalue weighted by Gasteiger charge is -2.26. The first-order valence-electron chi connectivity index (χ1n) is 8.77. The van der Waals surface area contributed by atoms with E-state index in [1.165, 1.54) is 22.5 Å². The highest BCUT2D eigenvalue weighted by atomic mass is 32.1. The Labute approximate surface area is 156 Å². The maximum atomic E-state index is 12.9. The van der Waals surface area contributed by atoms with Crippen molar-refractivity contribution in [3.8, 4) is 0 Å². The third kappa shape index (κ3) is 3.32. The lowest BCUT2D eigenvalue weighted by molar-refractivity contribution is -0.895. The number of rotatable bonds is 8. The lowest BCUT2D eigenvalue weighted by Crippen LogP contribution is -3.12. The number of carbonyl (C=O) groups is 2. The van der Waals surface area contributed by atoms with Gasteiger partial charge >= 0.3 is 0 Å². The summed E-state index contributed by atoms with van der Waals surface area (Å²) in [5.74, 6) is -0.834. The molecule has 1 aliphatic rings. The number of nitrogens with one attached hydrogen (secondary N) is 1. The quantitative estimate of drug-likeness (QED) is 0.691. The van der Waals surface area contributed by atoms with E-state index in [1.807, 2.05) is 0 Å². The molecule has 138 valence electrons. The number of hydrogen-bond acceptors (Lipinski definition) is 5. The molecule has 0 saturated carbocycles. The molecule has 0 aromatic carbocycles. The molecule has 26 heavy (non-hydrogen) atoms. The summed E-state index contributed by atoms with van der Waals surface area (Å²) in [6.45, 7) is 7.26.